The number of nitrogens with two attached hydrogens (primary N) is 1. The monoisotopic (exact) mass is 235 g/mol. The first-order chi connectivity index (χ1) is 8.35. The van der Waals surface area contributed by atoms with E-state index in [2.05, 4.69) is 9.88 Å². The minimum Gasteiger partial charge on any atom is -0.495 e. The molecule has 94 valence electrons. The Balaban J connectivity index is 2.06. The molecule has 0 aromatic carbocycles. The third-order valence-electron chi connectivity index (χ3n) is 3.37. The number of ether oxygens (including phenoxy) is 1. The van der Waals surface area contributed by atoms with Crippen molar-refractivity contribution in [2.45, 2.75) is 31.7 Å². The van der Waals surface area contributed by atoms with Crippen LogP contribution in [-0.4, -0.2) is 31.2 Å². The van der Waals surface area contributed by atoms with E-state index in [1.165, 1.54) is 19.3 Å². The van der Waals surface area contributed by atoms with Gasteiger partial charge >= 0.3 is 0 Å². The predicted octanol–water partition coefficient (Wildman–Crippen LogP) is 1.80. The minimum absolute atomic E-state index is 0.655. The van der Waals surface area contributed by atoms with Gasteiger partial charge in [0.05, 0.1) is 13.3 Å². The third-order valence-corrected chi connectivity index (χ3v) is 3.37. The van der Waals surface area contributed by atoms with Crippen LogP contribution in [-0.2, 0) is 0 Å². The lowest BCUT2D eigenvalue weighted by Crippen LogP contribution is -2.41. The number of pyridine rings is 1. The van der Waals surface area contributed by atoms with Gasteiger partial charge in [-0.25, -0.2) is 4.98 Å². The van der Waals surface area contributed by atoms with Crippen LogP contribution in [0.25, 0.3) is 0 Å². The summed E-state index contributed by atoms with van der Waals surface area (Å²) in [4.78, 5) is 6.85. The van der Waals surface area contributed by atoms with E-state index in [9.17, 15) is 0 Å². The standard InChI is InChI=1S/C13H21N3O/c1-17-12-6-7-13(15-10-12)16(9-3-8-14)11-4-2-5-11/h6-7,10-11H,2-5,8-9,14H2,1H3. The zero-order valence-corrected chi connectivity index (χ0v) is 10.4. The second kappa shape index (κ2) is 5.87. The van der Waals surface area contributed by atoms with Crippen molar-refractivity contribution in [1.29, 1.82) is 0 Å². The number of aromatic nitrogens is 1. The van der Waals surface area contributed by atoms with E-state index in [1.54, 1.807) is 13.3 Å². The molecule has 4 heteroatoms. The molecule has 1 aromatic heterocycles. The Morgan fingerprint density at radius 1 is 1.47 bits per heavy atom. The molecule has 1 saturated carbocycles. The summed E-state index contributed by atoms with van der Waals surface area (Å²) in [6, 6.07) is 4.66. The summed E-state index contributed by atoms with van der Waals surface area (Å²) in [5.41, 5.74) is 5.59. The average Bonchev–Trinajstić information content (AvgIpc) is 2.32. The number of nitrogens with zero attached hydrogens (tertiary/aromatic N) is 2. The topological polar surface area (TPSA) is 51.4 Å². The van der Waals surface area contributed by atoms with Gasteiger partial charge in [-0.3, -0.25) is 0 Å². The van der Waals surface area contributed by atoms with Crippen molar-refractivity contribution < 1.29 is 4.74 Å². The maximum absolute atomic E-state index is 5.59. The molecular formula is C13H21N3O. The molecule has 1 aliphatic carbocycles. The first-order valence-electron chi connectivity index (χ1n) is 6.32. The summed E-state index contributed by atoms with van der Waals surface area (Å²) < 4.78 is 5.13. The quantitative estimate of drug-likeness (QED) is 0.817. The van der Waals surface area contributed by atoms with E-state index in [-0.39, 0.29) is 0 Å². The first kappa shape index (κ1) is 12.2. The maximum Gasteiger partial charge on any atom is 0.137 e. The van der Waals surface area contributed by atoms with Crippen molar-refractivity contribution in [2.24, 2.45) is 5.73 Å². The molecule has 1 aliphatic rings. The molecule has 2 rings (SSSR count). The highest BCUT2D eigenvalue weighted by molar-refractivity contribution is 5.42. The van der Waals surface area contributed by atoms with Crippen LogP contribution >= 0.6 is 0 Å². The fourth-order valence-corrected chi connectivity index (χ4v) is 2.11. The van der Waals surface area contributed by atoms with E-state index in [1.807, 2.05) is 12.1 Å². The van der Waals surface area contributed by atoms with Crippen molar-refractivity contribution in [3.05, 3.63) is 18.3 Å². The SMILES string of the molecule is COc1ccc(N(CCCN)C2CCC2)nc1. The lowest BCUT2D eigenvalue weighted by Gasteiger charge is -2.38. The van der Waals surface area contributed by atoms with Crippen LogP contribution in [0.4, 0.5) is 5.82 Å². The normalized spacial score (nSPS) is 15.4. The van der Waals surface area contributed by atoms with Gasteiger partial charge < -0.3 is 15.4 Å². The van der Waals surface area contributed by atoms with Gasteiger partial charge in [-0.05, 0) is 44.4 Å². The predicted molar refractivity (Wildman–Crippen MR) is 69.4 cm³/mol. The van der Waals surface area contributed by atoms with Gasteiger partial charge in [-0.15, -0.1) is 0 Å². The lowest BCUT2D eigenvalue weighted by molar-refractivity contribution is 0.381. The molecule has 0 atom stereocenters. The van der Waals surface area contributed by atoms with Crippen LogP contribution in [0.2, 0.25) is 0 Å². The minimum atomic E-state index is 0.655. The molecule has 4 nitrogen and oxygen atoms in total. The van der Waals surface area contributed by atoms with Crippen LogP contribution in [0, 0.1) is 0 Å². The van der Waals surface area contributed by atoms with Crippen LogP contribution in [0.15, 0.2) is 18.3 Å². The molecule has 0 aliphatic heterocycles. The summed E-state index contributed by atoms with van der Waals surface area (Å²) in [7, 11) is 1.66. The summed E-state index contributed by atoms with van der Waals surface area (Å²) in [5.74, 6) is 1.85. The van der Waals surface area contributed by atoms with Crippen LogP contribution in [0.5, 0.6) is 5.75 Å². The Kier molecular flexibility index (Phi) is 4.20. The Labute approximate surface area is 103 Å². The van der Waals surface area contributed by atoms with Gasteiger partial charge in [0.25, 0.3) is 0 Å². The molecule has 17 heavy (non-hydrogen) atoms. The smallest absolute Gasteiger partial charge is 0.137 e. The van der Waals surface area contributed by atoms with E-state index in [4.69, 9.17) is 10.5 Å². The Morgan fingerprint density at radius 3 is 2.76 bits per heavy atom. The summed E-state index contributed by atoms with van der Waals surface area (Å²) in [6.07, 6.45) is 6.68. The molecule has 2 N–H and O–H groups in total. The highest BCUT2D eigenvalue weighted by atomic mass is 16.5. The van der Waals surface area contributed by atoms with Crippen LogP contribution < -0.4 is 15.4 Å². The van der Waals surface area contributed by atoms with Gasteiger partial charge in [0.1, 0.15) is 11.6 Å². The zero-order valence-electron chi connectivity index (χ0n) is 10.4. The number of rotatable bonds is 6. The largest absolute Gasteiger partial charge is 0.495 e. The van der Waals surface area contributed by atoms with Gasteiger partial charge in [-0.2, -0.15) is 0 Å². The molecule has 1 aromatic rings. The first-order valence-corrected chi connectivity index (χ1v) is 6.32. The highest BCUT2D eigenvalue weighted by Crippen LogP contribution is 2.29. The Bertz CT molecular complexity index is 335. The Morgan fingerprint density at radius 2 is 2.29 bits per heavy atom. The molecular weight excluding hydrogens is 214 g/mol. The molecule has 0 amide bonds. The molecule has 0 spiro atoms. The fraction of sp³-hybridized carbons (Fsp3) is 0.615. The maximum atomic E-state index is 5.59. The van der Waals surface area contributed by atoms with Gasteiger partial charge in [0.2, 0.25) is 0 Å². The van der Waals surface area contributed by atoms with E-state index < -0.39 is 0 Å². The van der Waals surface area contributed by atoms with Crippen LogP contribution in [0.1, 0.15) is 25.7 Å². The van der Waals surface area contributed by atoms with E-state index >= 15 is 0 Å². The molecule has 1 heterocycles. The number of methoxy groups -OCH3 is 1. The molecule has 1 fully saturated rings. The average molecular weight is 235 g/mol. The summed E-state index contributed by atoms with van der Waals surface area (Å²) in [6.45, 7) is 1.74. The highest BCUT2D eigenvalue weighted by Gasteiger charge is 2.25. The zero-order chi connectivity index (χ0) is 12.1. The summed E-state index contributed by atoms with van der Waals surface area (Å²) >= 11 is 0. The molecule has 0 radical (unpaired) electrons. The van der Waals surface area contributed by atoms with E-state index in [0.29, 0.717) is 6.04 Å². The molecule has 0 saturated heterocycles. The second-order valence-electron chi connectivity index (χ2n) is 4.48. The van der Waals surface area contributed by atoms with Crippen molar-refractivity contribution in [1.82, 2.24) is 4.98 Å². The van der Waals surface area contributed by atoms with Crippen molar-refractivity contribution >= 4 is 5.82 Å². The van der Waals surface area contributed by atoms with E-state index in [0.717, 1.165) is 31.1 Å². The number of hydrogen-bond acceptors (Lipinski definition) is 4. The van der Waals surface area contributed by atoms with Gasteiger partial charge in [0, 0.05) is 12.6 Å². The number of anilines is 1. The Hall–Kier alpha value is -1.29. The van der Waals surface area contributed by atoms with Crippen LogP contribution in [0.3, 0.4) is 0 Å². The summed E-state index contributed by atoms with van der Waals surface area (Å²) in [5, 5.41) is 0. The fourth-order valence-electron chi connectivity index (χ4n) is 2.11. The van der Waals surface area contributed by atoms with Crippen molar-refractivity contribution in [3.63, 3.8) is 0 Å². The molecule has 0 bridgehead atoms. The molecule has 0 unspecified atom stereocenters. The van der Waals surface area contributed by atoms with Gasteiger partial charge in [-0.1, -0.05) is 0 Å². The number of hydrogen-bond donors (Lipinski definition) is 1. The lowest BCUT2D eigenvalue weighted by atomic mass is 9.91. The van der Waals surface area contributed by atoms with Crippen molar-refractivity contribution in [2.75, 3.05) is 25.1 Å². The second-order valence-corrected chi connectivity index (χ2v) is 4.48. The third kappa shape index (κ3) is 2.88. The van der Waals surface area contributed by atoms with Crippen molar-refractivity contribution in [3.8, 4) is 5.75 Å². The van der Waals surface area contributed by atoms with Gasteiger partial charge in [0.15, 0.2) is 0 Å².